The zero-order valence-corrected chi connectivity index (χ0v) is 13.1. The molecule has 0 aliphatic heterocycles. The van der Waals surface area contributed by atoms with Gasteiger partial charge < -0.3 is 9.64 Å². The number of methoxy groups -OCH3 is 1. The summed E-state index contributed by atoms with van der Waals surface area (Å²) >= 11 is 0. The molecule has 0 unspecified atom stereocenters. The van der Waals surface area contributed by atoms with Gasteiger partial charge in [-0.15, -0.1) is 0 Å². The molecule has 0 fully saturated rings. The zero-order chi connectivity index (χ0) is 15.4. The van der Waals surface area contributed by atoms with Crippen LogP contribution in [0.1, 0.15) is 17.0 Å². The topological polar surface area (TPSA) is 30.3 Å². The van der Waals surface area contributed by atoms with Gasteiger partial charge in [0.05, 0.1) is 19.3 Å². The molecule has 0 atom stereocenters. The zero-order valence-electron chi connectivity index (χ0n) is 13.1. The van der Waals surface area contributed by atoms with Gasteiger partial charge in [-0.2, -0.15) is 5.10 Å². The lowest BCUT2D eigenvalue weighted by atomic mass is 10.2. The summed E-state index contributed by atoms with van der Waals surface area (Å²) in [6.07, 6.45) is 0. The van der Waals surface area contributed by atoms with Crippen LogP contribution in [0, 0.1) is 19.7 Å². The number of hydrogen-bond acceptors (Lipinski definition) is 3. The Kier molecular flexibility index (Phi) is 4.96. The molecule has 1 aromatic heterocycles. The molecular weight excluding hydrogens is 269 g/mol. The van der Waals surface area contributed by atoms with E-state index in [2.05, 4.69) is 16.1 Å². The number of ether oxygens (including phenoxy) is 1. The summed E-state index contributed by atoms with van der Waals surface area (Å²) in [6.45, 7) is 6.21. The molecule has 0 aliphatic rings. The molecule has 0 spiro atoms. The molecule has 4 nitrogen and oxygen atoms in total. The van der Waals surface area contributed by atoms with Crippen LogP contribution in [0.5, 0.6) is 5.75 Å². The van der Waals surface area contributed by atoms with Gasteiger partial charge in [-0.1, -0.05) is 6.07 Å². The van der Waals surface area contributed by atoms with Crippen LogP contribution >= 0.6 is 0 Å². The normalized spacial score (nSPS) is 11.1. The summed E-state index contributed by atoms with van der Waals surface area (Å²) in [5, 5.41) is 4.43. The van der Waals surface area contributed by atoms with E-state index >= 15 is 0 Å². The van der Waals surface area contributed by atoms with Gasteiger partial charge in [0, 0.05) is 30.4 Å². The van der Waals surface area contributed by atoms with Crippen molar-refractivity contribution >= 4 is 0 Å². The minimum Gasteiger partial charge on any atom is -0.497 e. The Morgan fingerprint density at radius 3 is 2.62 bits per heavy atom. The van der Waals surface area contributed by atoms with Crippen molar-refractivity contribution in [1.29, 1.82) is 0 Å². The average molecular weight is 291 g/mol. The second-order valence-electron chi connectivity index (χ2n) is 5.35. The van der Waals surface area contributed by atoms with Crippen LogP contribution < -0.4 is 4.74 Å². The molecule has 0 saturated carbocycles. The highest BCUT2D eigenvalue weighted by Crippen LogP contribution is 2.17. The van der Waals surface area contributed by atoms with Crippen molar-refractivity contribution in [1.82, 2.24) is 14.7 Å². The lowest BCUT2D eigenvalue weighted by Gasteiger charge is -2.18. The molecule has 1 heterocycles. The Morgan fingerprint density at radius 2 is 2.05 bits per heavy atom. The van der Waals surface area contributed by atoms with Crippen LogP contribution in [-0.4, -0.2) is 35.4 Å². The predicted octanol–water partition coefficient (Wildman–Crippen LogP) is 2.78. The van der Waals surface area contributed by atoms with Gasteiger partial charge in [-0.25, -0.2) is 4.39 Å². The molecule has 1 aromatic carbocycles. The summed E-state index contributed by atoms with van der Waals surface area (Å²) in [7, 11) is 3.52. The second-order valence-corrected chi connectivity index (χ2v) is 5.35. The second kappa shape index (κ2) is 6.72. The smallest absolute Gasteiger partial charge is 0.131 e. The molecular formula is C16H22FN3O. The lowest BCUT2D eigenvalue weighted by Crippen LogP contribution is -2.24. The van der Waals surface area contributed by atoms with Crippen molar-refractivity contribution in [3.05, 3.63) is 47.0 Å². The number of aryl methyl sites for hydroxylation is 2. The Bertz CT molecular complexity index is 610. The molecule has 0 aliphatic carbocycles. The number of likely N-dealkylation sites (N-methyl/N-ethyl adjacent to an activating group) is 1. The van der Waals surface area contributed by atoms with Crippen molar-refractivity contribution in [2.45, 2.75) is 26.9 Å². The largest absolute Gasteiger partial charge is 0.497 e. The van der Waals surface area contributed by atoms with Crippen molar-refractivity contribution in [3.8, 4) is 5.75 Å². The maximum absolute atomic E-state index is 13.9. The van der Waals surface area contributed by atoms with Crippen LogP contribution in [0.2, 0.25) is 0 Å². The van der Waals surface area contributed by atoms with Gasteiger partial charge in [0.15, 0.2) is 0 Å². The maximum atomic E-state index is 13.9. The standard InChI is InChI=1S/C16H22FN3O/c1-12-9-13(2)20(18-12)8-7-19(3)11-14-5-6-15(21-4)10-16(14)17/h5-6,9-10H,7-8,11H2,1-4H3. The lowest BCUT2D eigenvalue weighted by molar-refractivity contribution is 0.299. The van der Waals surface area contributed by atoms with E-state index in [4.69, 9.17) is 4.74 Å². The third-order valence-electron chi connectivity index (χ3n) is 3.50. The summed E-state index contributed by atoms with van der Waals surface area (Å²) in [5.74, 6) is 0.314. The molecule has 2 aromatic rings. The molecule has 0 saturated heterocycles. The van der Waals surface area contributed by atoms with E-state index in [9.17, 15) is 4.39 Å². The highest BCUT2D eigenvalue weighted by molar-refractivity contribution is 5.28. The van der Waals surface area contributed by atoms with Gasteiger partial charge in [-0.3, -0.25) is 4.68 Å². The highest BCUT2D eigenvalue weighted by atomic mass is 19.1. The number of nitrogens with zero attached hydrogens (tertiary/aromatic N) is 3. The number of benzene rings is 1. The Balaban J connectivity index is 1.92. The number of aromatic nitrogens is 2. The SMILES string of the molecule is COc1ccc(CN(C)CCn2nc(C)cc2C)c(F)c1. The van der Waals surface area contributed by atoms with E-state index in [1.165, 1.54) is 13.2 Å². The first kappa shape index (κ1) is 15.5. The molecule has 0 amide bonds. The summed E-state index contributed by atoms with van der Waals surface area (Å²) in [5.41, 5.74) is 2.85. The van der Waals surface area contributed by atoms with Crippen LogP contribution in [0.3, 0.4) is 0 Å². The summed E-state index contributed by atoms with van der Waals surface area (Å²) in [6, 6.07) is 7.04. The molecule has 114 valence electrons. The van der Waals surface area contributed by atoms with Crippen molar-refractivity contribution < 1.29 is 9.13 Å². The first-order chi connectivity index (χ1) is 9.99. The van der Waals surface area contributed by atoms with Gasteiger partial charge in [0.25, 0.3) is 0 Å². The van der Waals surface area contributed by atoms with E-state index in [1.807, 2.05) is 25.6 Å². The number of hydrogen-bond donors (Lipinski definition) is 0. The van der Waals surface area contributed by atoms with Crippen molar-refractivity contribution in [3.63, 3.8) is 0 Å². The Hall–Kier alpha value is -1.88. The minimum atomic E-state index is -0.229. The highest BCUT2D eigenvalue weighted by Gasteiger charge is 2.08. The minimum absolute atomic E-state index is 0.229. The van der Waals surface area contributed by atoms with Crippen LogP contribution in [0.4, 0.5) is 4.39 Å². The van der Waals surface area contributed by atoms with Gasteiger partial charge in [-0.05, 0) is 33.0 Å². The van der Waals surface area contributed by atoms with E-state index in [0.29, 0.717) is 17.9 Å². The number of rotatable bonds is 6. The van der Waals surface area contributed by atoms with E-state index in [0.717, 1.165) is 24.5 Å². The molecule has 21 heavy (non-hydrogen) atoms. The first-order valence-corrected chi connectivity index (χ1v) is 7.01. The van der Waals surface area contributed by atoms with Crippen LogP contribution in [0.15, 0.2) is 24.3 Å². The fraction of sp³-hybridized carbons (Fsp3) is 0.438. The molecule has 5 heteroatoms. The average Bonchev–Trinajstić information content (AvgIpc) is 2.77. The predicted molar refractivity (Wildman–Crippen MR) is 81.0 cm³/mol. The fourth-order valence-corrected chi connectivity index (χ4v) is 2.32. The van der Waals surface area contributed by atoms with Gasteiger partial charge in [0.1, 0.15) is 11.6 Å². The third-order valence-corrected chi connectivity index (χ3v) is 3.50. The van der Waals surface area contributed by atoms with E-state index in [1.54, 1.807) is 12.1 Å². The molecule has 0 bridgehead atoms. The van der Waals surface area contributed by atoms with E-state index in [-0.39, 0.29) is 5.82 Å². The van der Waals surface area contributed by atoms with Gasteiger partial charge >= 0.3 is 0 Å². The van der Waals surface area contributed by atoms with Crippen LogP contribution in [-0.2, 0) is 13.1 Å². The molecule has 0 N–H and O–H groups in total. The van der Waals surface area contributed by atoms with Crippen LogP contribution in [0.25, 0.3) is 0 Å². The molecule has 0 radical (unpaired) electrons. The van der Waals surface area contributed by atoms with Crippen molar-refractivity contribution in [2.24, 2.45) is 0 Å². The van der Waals surface area contributed by atoms with E-state index < -0.39 is 0 Å². The van der Waals surface area contributed by atoms with Crippen molar-refractivity contribution in [2.75, 3.05) is 20.7 Å². The summed E-state index contributed by atoms with van der Waals surface area (Å²) in [4.78, 5) is 2.08. The molecule has 2 rings (SSSR count). The quantitative estimate of drug-likeness (QED) is 0.820. The monoisotopic (exact) mass is 291 g/mol. The summed E-state index contributed by atoms with van der Waals surface area (Å²) < 4.78 is 20.9. The first-order valence-electron chi connectivity index (χ1n) is 7.01. The third kappa shape index (κ3) is 4.04. The maximum Gasteiger partial charge on any atom is 0.131 e. The Morgan fingerprint density at radius 1 is 1.29 bits per heavy atom. The fourth-order valence-electron chi connectivity index (χ4n) is 2.32. The Labute approximate surface area is 125 Å². The van der Waals surface area contributed by atoms with Gasteiger partial charge in [0.2, 0.25) is 0 Å². The number of halogens is 1.